The number of hydrogen-bond acceptors (Lipinski definition) is 2. The van der Waals surface area contributed by atoms with Gasteiger partial charge in [-0.15, -0.1) is 0 Å². The number of rotatable bonds is 2. The van der Waals surface area contributed by atoms with Crippen LogP contribution in [0.5, 0.6) is 5.75 Å². The maximum atomic E-state index is 6.16. The van der Waals surface area contributed by atoms with Crippen molar-refractivity contribution in [3.8, 4) is 11.4 Å². The fourth-order valence-corrected chi connectivity index (χ4v) is 2.88. The van der Waals surface area contributed by atoms with E-state index in [0.29, 0.717) is 9.79 Å². The summed E-state index contributed by atoms with van der Waals surface area (Å²) in [5, 5.41) is 0.640. The molecule has 0 aliphatic carbocycles. The number of imidazole rings is 1. The van der Waals surface area contributed by atoms with Gasteiger partial charge in [0.25, 0.3) is 0 Å². The average Bonchev–Trinajstić information content (AvgIpc) is 2.78. The number of aromatic nitrogens is 2. The highest BCUT2D eigenvalue weighted by atomic mass is 79.9. The lowest BCUT2D eigenvalue weighted by molar-refractivity contribution is 0.419. The molecule has 1 N–H and O–H groups in total. The standard InChI is InChI=1S/C14H10BrClN2OS/c1-19-12-4-2-3-11-13(12)17-14(20)18(11)8-5-6-9(15)10(16)7-8/h2-7H,1H3,(H,17,20). The average molecular weight is 370 g/mol. The molecule has 20 heavy (non-hydrogen) atoms. The zero-order chi connectivity index (χ0) is 14.3. The third-order valence-electron chi connectivity index (χ3n) is 3.06. The Morgan fingerprint density at radius 1 is 1.30 bits per heavy atom. The van der Waals surface area contributed by atoms with Crippen molar-refractivity contribution in [2.75, 3.05) is 7.11 Å². The van der Waals surface area contributed by atoms with Gasteiger partial charge in [0.05, 0.1) is 17.6 Å². The van der Waals surface area contributed by atoms with Gasteiger partial charge in [-0.3, -0.25) is 4.57 Å². The van der Waals surface area contributed by atoms with E-state index in [0.717, 1.165) is 26.9 Å². The highest BCUT2D eigenvalue weighted by molar-refractivity contribution is 9.10. The molecule has 0 aliphatic rings. The largest absolute Gasteiger partial charge is 0.494 e. The molecule has 0 aliphatic heterocycles. The van der Waals surface area contributed by atoms with E-state index in [1.54, 1.807) is 7.11 Å². The molecule has 3 rings (SSSR count). The first-order valence-electron chi connectivity index (χ1n) is 5.85. The van der Waals surface area contributed by atoms with Gasteiger partial charge in [-0.05, 0) is 58.5 Å². The fraction of sp³-hybridized carbons (Fsp3) is 0.0714. The van der Waals surface area contributed by atoms with Crippen LogP contribution in [0.15, 0.2) is 40.9 Å². The number of nitrogens with zero attached hydrogens (tertiary/aromatic N) is 1. The fourth-order valence-electron chi connectivity index (χ4n) is 2.15. The molecule has 0 atom stereocenters. The maximum Gasteiger partial charge on any atom is 0.182 e. The van der Waals surface area contributed by atoms with E-state index >= 15 is 0 Å². The van der Waals surface area contributed by atoms with Crippen LogP contribution in [0, 0.1) is 4.77 Å². The molecule has 0 spiro atoms. The van der Waals surface area contributed by atoms with Gasteiger partial charge in [0.2, 0.25) is 0 Å². The Labute approximate surface area is 134 Å². The van der Waals surface area contributed by atoms with Gasteiger partial charge in [-0.2, -0.15) is 0 Å². The monoisotopic (exact) mass is 368 g/mol. The number of H-pyrrole nitrogens is 1. The van der Waals surface area contributed by atoms with E-state index in [9.17, 15) is 0 Å². The lowest BCUT2D eigenvalue weighted by atomic mass is 10.2. The lowest BCUT2D eigenvalue weighted by Crippen LogP contribution is -1.94. The summed E-state index contributed by atoms with van der Waals surface area (Å²) in [6, 6.07) is 11.5. The van der Waals surface area contributed by atoms with Crippen molar-refractivity contribution in [2.45, 2.75) is 0 Å². The molecule has 0 fully saturated rings. The highest BCUT2D eigenvalue weighted by Crippen LogP contribution is 2.30. The predicted octanol–water partition coefficient (Wildman–Crippen LogP) is 5.11. The van der Waals surface area contributed by atoms with Crippen LogP contribution < -0.4 is 4.74 Å². The minimum absolute atomic E-state index is 0.600. The van der Waals surface area contributed by atoms with E-state index in [1.807, 2.05) is 41.0 Å². The van der Waals surface area contributed by atoms with Crippen LogP contribution in [0.1, 0.15) is 0 Å². The van der Waals surface area contributed by atoms with Crippen LogP contribution in [-0.4, -0.2) is 16.7 Å². The number of aromatic amines is 1. The predicted molar refractivity (Wildman–Crippen MR) is 87.7 cm³/mol. The molecule has 0 unspecified atom stereocenters. The molecule has 0 saturated carbocycles. The van der Waals surface area contributed by atoms with Gasteiger partial charge < -0.3 is 9.72 Å². The number of ether oxygens (including phenoxy) is 1. The van der Waals surface area contributed by atoms with Crippen molar-refractivity contribution < 1.29 is 4.74 Å². The van der Waals surface area contributed by atoms with E-state index in [1.165, 1.54) is 0 Å². The highest BCUT2D eigenvalue weighted by Gasteiger charge is 2.11. The molecule has 6 heteroatoms. The zero-order valence-corrected chi connectivity index (χ0v) is 13.6. The molecule has 1 heterocycles. The normalized spacial score (nSPS) is 10.9. The summed E-state index contributed by atoms with van der Waals surface area (Å²) in [5.74, 6) is 0.760. The first-order chi connectivity index (χ1) is 9.61. The van der Waals surface area contributed by atoms with Crippen LogP contribution in [0.3, 0.4) is 0 Å². The summed E-state index contributed by atoms with van der Waals surface area (Å²) in [7, 11) is 1.64. The van der Waals surface area contributed by atoms with Gasteiger partial charge in [0.1, 0.15) is 11.3 Å². The smallest absolute Gasteiger partial charge is 0.182 e. The van der Waals surface area contributed by atoms with E-state index in [4.69, 9.17) is 28.6 Å². The second-order valence-electron chi connectivity index (χ2n) is 4.22. The van der Waals surface area contributed by atoms with Gasteiger partial charge >= 0.3 is 0 Å². The number of hydrogen-bond donors (Lipinski definition) is 1. The maximum absolute atomic E-state index is 6.16. The number of para-hydroxylation sites is 1. The van der Waals surface area contributed by atoms with Gasteiger partial charge in [-0.25, -0.2) is 0 Å². The molecule has 0 saturated heterocycles. The first kappa shape index (κ1) is 13.7. The van der Waals surface area contributed by atoms with Crippen LogP contribution in [0.25, 0.3) is 16.7 Å². The molecule has 3 aromatic rings. The third-order valence-corrected chi connectivity index (χ3v) is 4.58. The molecule has 3 nitrogen and oxygen atoms in total. The molecule has 0 radical (unpaired) electrons. The van der Waals surface area contributed by atoms with Crippen molar-refractivity contribution in [3.05, 3.63) is 50.7 Å². The van der Waals surface area contributed by atoms with E-state index in [-0.39, 0.29) is 0 Å². The van der Waals surface area contributed by atoms with Crippen molar-refractivity contribution >= 4 is 50.8 Å². The Kier molecular flexibility index (Phi) is 3.58. The molecule has 1 aromatic heterocycles. The van der Waals surface area contributed by atoms with E-state index in [2.05, 4.69) is 20.9 Å². The number of methoxy groups -OCH3 is 1. The van der Waals surface area contributed by atoms with Crippen LogP contribution in [-0.2, 0) is 0 Å². The van der Waals surface area contributed by atoms with Crippen LogP contribution in [0.4, 0.5) is 0 Å². The van der Waals surface area contributed by atoms with Crippen molar-refractivity contribution in [1.82, 2.24) is 9.55 Å². The Morgan fingerprint density at radius 2 is 2.10 bits per heavy atom. The molecule has 0 amide bonds. The van der Waals surface area contributed by atoms with Gasteiger partial charge in [0, 0.05) is 10.2 Å². The van der Waals surface area contributed by atoms with Crippen LogP contribution >= 0.6 is 39.7 Å². The summed E-state index contributed by atoms with van der Waals surface area (Å²) < 4.78 is 8.74. The molecule has 102 valence electrons. The summed E-state index contributed by atoms with van der Waals surface area (Å²) in [5.41, 5.74) is 2.73. The Balaban J connectivity index is 2.33. The van der Waals surface area contributed by atoms with Gasteiger partial charge in [-0.1, -0.05) is 17.7 Å². The topological polar surface area (TPSA) is 29.9 Å². The zero-order valence-electron chi connectivity index (χ0n) is 10.5. The van der Waals surface area contributed by atoms with Crippen molar-refractivity contribution in [2.24, 2.45) is 0 Å². The molecule has 2 aromatic carbocycles. The summed E-state index contributed by atoms with van der Waals surface area (Å²) in [6.45, 7) is 0. The first-order valence-corrected chi connectivity index (χ1v) is 7.43. The van der Waals surface area contributed by atoms with E-state index < -0.39 is 0 Å². The number of nitrogens with one attached hydrogen (secondary N) is 1. The summed E-state index contributed by atoms with van der Waals surface area (Å²) in [4.78, 5) is 3.18. The van der Waals surface area contributed by atoms with Crippen molar-refractivity contribution in [3.63, 3.8) is 0 Å². The number of fused-ring (bicyclic) bond motifs is 1. The Bertz CT molecular complexity index is 856. The third kappa shape index (κ3) is 2.16. The summed E-state index contributed by atoms with van der Waals surface area (Å²) in [6.07, 6.45) is 0. The van der Waals surface area contributed by atoms with Crippen molar-refractivity contribution in [1.29, 1.82) is 0 Å². The quantitative estimate of drug-likeness (QED) is 0.636. The molecular formula is C14H10BrClN2OS. The number of halogens is 2. The second-order valence-corrected chi connectivity index (χ2v) is 5.87. The minimum atomic E-state index is 0.600. The Morgan fingerprint density at radius 3 is 2.80 bits per heavy atom. The van der Waals surface area contributed by atoms with Gasteiger partial charge in [0.15, 0.2) is 4.77 Å². The molecular weight excluding hydrogens is 360 g/mol. The summed E-state index contributed by atoms with van der Waals surface area (Å²) >= 11 is 15.0. The Hall–Kier alpha value is -1.30. The minimum Gasteiger partial charge on any atom is -0.494 e. The molecule has 0 bridgehead atoms. The lowest BCUT2D eigenvalue weighted by Gasteiger charge is -2.07. The number of benzene rings is 2. The second kappa shape index (κ2) is 5.24. The SMILES string of the molecule is COc1cccc2c1[nH]c(=S)n2-c1ccc(Br)c(Cl)c1. The van der Waals surface area contributed by atoms with Crippen LogP contribution in [0.2, 0.25) is 5.02 Å².